The predicted molar refractivity (Wildman–Crippen MR) is 101 cm³/mol. The van der Waals surface area contributed by atoms with E-state index >= 15 is 0 Å². The van der Waals surface area contributed by atoms with E-state index in [1.54, 1.807) is 25.4 Å². The Morgan fingerprint density at radius 2 is 1.77 bits per heavy atom. The lowest BCUT2D eigenvalue weighted by Gasteiger charge is -2.10. The van der Waals surface area contributed by atoms with E-state index in [0.717, 1.165) is 16.7 Å². The van der Waals surface area contributed by atoms with Crippen molar-refractivity contribution in [1.29, 1.82) is 0 Å². The normalized spacial score (nSPS) is 10.4. The summed E-state index contributed by atoms with van der Waals surface area (Å²) in [5.41, 5.74) is 3.67. The molecule has 0 unspecified atom stereocenters. The van der Waals surface area contributed by atoms with Crippen LogP contribution in [-0.2, 0) is 13.1 Å². The zero-order valence-electron chi connectivity index (χ0n) is 14.9. The number of aryl methyl sites for hydroxylation is 2. The lowest BCUT2D eigenvalue weighted by molar-refractivity contribution is 0.0945. The summed E-state index contributed by atoms with van der Waals surface area (Å²) in [6.07, 6.45) is 3.49. The van der Waals surface area contributed by atoms with Crippen molar-refractivity contribution in [3.8, 4) is 0 Å². The van der Waals surface area contributed by atoms with Gasteiger partial charge in [-0.25, -0.2) is 9.97 Å². The lowest BCUT2D eigenvalue weighted by Crippen LogP contribution is -2.25. The average molecular weight is 347 g/mol. The van der Waals surface area contributed by atoms with Gasteiger partial charge in [-0.1, -0.05) is 24.3 Å². The van der Waals surface area contributed by atoms with Gasteiger partial charge in [-0.05, 0) is 42.7 Å². The molecular weight excluding hydrogens is 326 g/mol. The minimum Gasteiger partial charge on any atom is -0.366 e. The summed E-state index contributed by atoms with van der Waals surface area (Å²) in [5.74, 6) is 0.951. The van der Waals surface area contributed by atoms with Gasteiger partial charge in [0.2, 0.25) is 0 Å². The molecule has 26 heavy (non-hydrogen) atoms. The highest BCUT2D eigenvalue weighted by Gasteiger charge is 2.11. The molecule has 0 atom stereocenters. The second-order valence-electron chi connectivity index (χ2n) is 6.00. The first-order chi connectivity index (χ1) is 12.6. The number of benzene rings is 1. The van der Waals surface area contributed by atoms with E-state index in [1.807, 2.05) is 43.3 Å². The van der Waals surface area contributed by atoms with E-state index in [0.29, 0.717) is 30.4 Å². The summed E-state index contributed by atoms with van der Waals surface area (Å²) < 4.78 is 0. The van der Waals surface area contributed by atoms with Crippen molar-refractivity contribution >= 4 is 11.7 Å². The fraction of sp³-hybridized carbons (Fsp3) is 0.200. The van der Waals surface area contributed by atoms with Crippen LogP contribution < -0.4 is 10.6 Å². The van der Waals surface area contributed by atoms with Crippen LogP contribution in [-0.4, -0.2) is 20.9 Å². The first kappa shape index (κ1) is 17.5. The molecule has 2 N–H and O–H groups in total. The number of nitrogens with one attached hydrogen (secondary N) is 2. The third-order valence-corrected chi connectivity index (χ3v) is 3.99. The Morgan fingerprint density at radius 3 is 2.54 bits per heavy atom. The highest BCUT2D eigenvalue weighted by molar-refractivity contribution is 5.92. The monoisotopic (exact) mass is 347 g/mol. The standard InChI is InChI=1S/C20H21N5O/c1-14-5-3-4-6-17(14)13-23-20(26)18-11-19(25-15(2)24-18)22-12-16-7-9-21-10-8-16/h3-11H,12-13H2,1-2H3,(H,23,26)(H,22,24,25). The highest BCUT2D eigenvalue weighted by atomic mass is 16.1. The van der Waals surface area contributed by atoms with Gasteiger partial charge in [-0.15, -0.1) is 0 Å². The number of hydrogen-bond acceptors (Lipinski definition) is 5. The van der Waals surface area contributed by atoms with E-state index in [1.165, 1.54) is 0 Å². The van der Waals surface area contributed by atoms with Crippen LogP contribution in [0, 0.1) is 13.8 Å². The molecule has 1 aromatic carbocycles. The molecule has 0 saturated carbocycles. The van der Waals surface area contributed by atoms with Crippen LogP contribution in [0.4, 0.5) is 5.82 Å². The van der Waals surface area contributed by atoms with E-state index in [9.17, 15) is 4.79 Å². The van der Waals surface area contributed by atoms with Crippen molar-refractivity contribution in [2.45, 2.75) is 26.9 Å². The van der Waals surface area contributed by atoms with Gasteiger partial charge in [-0.2, -0.15) is 0 Å². The fourth-order valence-corrected chi connectivity index (χ4v) is 2.54. The number of pyridine rings is 1. The van der Waals surface area contributed by atoms with Crippen molar-refractivity contribution in [3.05, 3.63) is 83.1 Å². The van der Waals surface area contributed by atoms with Crippen molar-refractivity contribution in [2.24, 2.45) is 0 Å². The van der Waals surface area contributed by atoms with Crippen LogP contribution in [0.5, 0.6) is 0 Å². The van der Waals surface area contributed by atoms with E-state index in [-0.39, 0.29) is 5.91 Å². The molecule has 0 spiro atoms. The Labute approximate surface area is 152 Å². The molecule has 1 amide bonds. The molecule has 0 saturated heterocycles. The maximum atomic E-state index is 12.5. The molecule has 3 rings (SSSR count). The van der Waals surface area contributed by atoms with Gasteiger partial charge in [0, 0.05) is 31.5 Å². The van der Waals surface area contributed by atoms with E-state index < -0.39 is 0 Å². The Balaban J connectivity index is 1.66. The van der Waals surface area contributed by atoms with Gasteiger partial charge >= 0.3 is 0 Å². The van der Waals surface area contributed by atoms with Crippen molar-refractivity contribution < 1.29 is 4.79 Å². The number of anilines is 1. The van der Waals surface area contributed by atoms with E-state index in [4.69, 9.17) is 0 Å². The summed E-state index contributed by atoms with van der Waals surface area (Å²) in [6, 6.07) is 13.5. The number of carbonyl (C=O) groups is 1. The van der Waals surface area contributed by atoms with Crippen molar-refractivity contribution in [2.75, 3.05) is 5.32 Å². The second kappa shape index (κ2) is 8.20. The Kier molecular flexibility index (Phi) is 5.53. The maximum absolute atomic E-state index is 12.5. The van der Waals surface area contributed by atoms with Gasteiger partial charge in [0.1, 0.15) is 17.3 Å². The number of rotatable bonds is 6. The molecule has 3 aromatic rings. The quantitative estimate of drug-likeness (QED) is 0.716. The van der Waals surface area contributed by atoms with Gasteiger partial charge < -0.3 is 10.6 Å². The summed E-state index contributed by atoms with van der Waals surface area (Å²) in [7, 11) is 0. The first-order valence-corrected chi connectivity index (χ1v) is 8.43. The van der Waals surface area contributed by atoms with E-state index in [2.05, 4.69) is 25.6 Å². The number of aromatic nitrogens is 3. The maximum Gasteiger partial charge on any atom is 0.270 e. The number of carbonyl (C=O) groups excluding carboxylic acids is 1. The Morgan fingerprint density at radius 1 is 1.00 bits per heavy atom. The third kappa shape index (κ3) is 4.63. The molecule has 132 valence electrons. The molecule has 0 aliphatic heterocycles. The second-order valence-corrected chi connectivity index (χ2v) is 6.00. The van der Waals surface area contributed by atoms with Gasteiger partial charge in [0.05, 0.1) is 0 Å². The zero-order valence-corrected chi connectivity index (χ0v) is 14.9. The molecule has 0 fully saturated rings. The van der Waals surface area contributed by atoms with Gasteiger partial charge in [0.25, 0.3) is 5.91 Å². The SMILES string of the molecule is Cc1nc(NCc2ccncc2)cc(C(=O)NCc2ccccc2C)n1. The molecular formula is C20H21N5O. The van der Waals surface area contributed by atoms with Crippen molar-refractivity contribution in [1.82, 2.24) is 20.3 Å². The molecule has 0 bridgehead atoms. The van der Waals surface area contributed by atoms with Crippen LogP contribution in [0.15, 0.2) is 54.9 Å². The minimum absolute atomic E-state index is 0.217. The third-order valence-electron chi connectivity index (χ3n) is 3.99. The van der Waals surface area contributed by atoms with Crippen LogP contribution in [0.3, 0.4) is 0 Å². The molecule has 2 aromatic heterocycles. The van der Waals surface area contributed by atoms with Crippen molar-refractivity contribution in [3.63, 3.8) is 0 Å². The fourth-order valence-electron chi connectivity index (χ4n) is 2.54. The lowest BCUT2D eigenvalue weighted by atomic mass is 10.1. The summed E-state index contributed by atoms with van der Waals surface area (Å²) >= 11 is 0. The molecule has 0 aliphatic rings. The summed E-state index contributed by atoms with van der Waals surface area (Å²) in [6.45, 7) is 4.87. The topological polar surface area (TPSA) is 79.8 Å². The largest absolute Gasteiger partial charge is 0.366 e. The highest BCUT2D eigenvalue weighted by Crippen LogP contribution is 2.10. The number of hydrogen-bond donors (Lipinski definition) is 2. The van der Waals surface area contributed by atoms with Gasteiger partial charge in [0.15, 0.2) is 0 Å². The summed E-state index contributed by atoms with van der Waals surface area (Å²) in [5, 5.41) is 6.14. The van der Waals surface area contributed by atoms with Crippen LogP contribution >= 0.6 is 0 Å². The molecule has 2 heterocycles. The van der Waals surface area contributed by atoms with Crippen LogP contribution in [0.1, 0.15) is 33.0 Å². The Hall–Kier alpha value is -3.28. The average Bonchev–Trinajstić information content (AvgIpc) is 2.66. The number of nitrogens with zero attached hydrogens (tertiary/aromatic N) is 3. The Bertz CT molecular complexity index is 896. The van der Waals surface area contributed by atoms with Crippen LogP contribution in [0.2, 0.25) is 0 Å². The number of amides is 1. The predicted octanol–water partition coefficient (Wildman–Crippen LogP) is 3.03. The first-order valence-electron chi connectivity index (χ1n) is 8.43. The molecule has 0 radical (unpaired) electrons. The van der Waals surface area contributed by atoms with Gasteiger partial charge in [-0.3, -0.25) is 9.78 Å². The molecule has 6 nitrogen and oxygen atoms in total. The smallest absolute Gasteiger partial charge is 0.270 e. The molecule has 0 aliphatic carbocycles. The minimum atomic E-state index is -0.217. The summed E-state index contributed by atoms with van der Waals surface area (Å²) in [4.78, 5) is 25.1. The van der Waals surface area contributed by atoms with Crippen LogP contribution in [0.25, 0.3) is 0 Å². The zero-order chi connectivity index (χ0) is 18.4. The molecule has 6 heteroatoms.